The predicted molar refractivity (Wildman–Crippen MR) is 66.5 cm³/mol. The largest absolute Gasteiger partial charge is 0.445 e. The Labute approximate surface area is 101 Å². The Bertz CT molecular complexity index is 370. The van der Waals surface area contributed by atoms with Crippen molar-refractivity contribution in [2.75, 3.05) is 18.8 Å². The summed E-state index contributed by atoms with van der Waals surface area (Å²) in [6.07, 6.45) is 3.16. The van der Waals surface area contributed by atoms with E-state index in [0.717, 1.165) is 37.2 Å². The Morgan fingerprint density at radius 3 is 2.47 bits per heavy atom. The van der Waals surface area contributed by atoms with Gasteiger partial charge in [-0.1, -0.05) is 12.1 Å². The number of ether oxygens (including phenoxy) is 1. The predicted octanol–water partition coefficient (Wildman–Crippen LogP) is 2.39. The Kier molecular flexibility index (Phi) is 3.85. The number of benzene rings is 1. The van der Waals surface area contributed by atoms with Crippen molar-refractivity contribution < 1.29 is 9.53 Å². The highest BCUT2D eigenvalue weighted by Gasteiger charge is 2.17. The molecule has 1 fully saturated rings. The van der Waals surface area contributed by atoms with Crippen LogP contribution in [-0.4, -0.2) is 24.1 Å². The molecule has 0 saturated carbocycles. The van der Waals surface area contributed by atoms with E-state index < -0.39 is 0 Å². The molecule has 0 aromatic heterocycles. The summed E-state index contributed by atoms with van der Waals surface area (Å²) in [5.74, 6) is 0. The van der Waals surface area contributed by atoms with E-state index in [2.05, 4.69) is 0 Å². The number of carbonyl (C=O) groups is 1. The summed E-state index contributed by atoms with van der Waals surface area (Å²) in [7, 11) is 0. The SMILES string of the molecule is Nc1ccc(COC(=O)N2CCCCC2)cc1. The Morgan fingerprint density at radius 2 is 1.82 bits per heavy atom. The maximum atomic E-state index is 11.7. The van der Waals surface area contributed by atoms with Crippen molar-refractivity contribution in [2.45, 2.75) is 25.9 Å². The fraction of sp³-hybridized carbons (Fsp3) is 0.462. The van der Waals surface area contributed by atoms with Crippen molar-refractivity contribution in [1.29, 1.82) is 0 Å². The summed E-state index contributed by atoms with van der Waals surface area (Å²) >= 11 is 0. The topological polar surface area (TPSA) is 55.6 Å². The number of amides is 1. The summed E-state index contributed by atoms with van der Waals surface area (Å²) in [4.78, 5) is 13.5. The molecule has 1 aliphatic heterocycles. The van der Waals surface area contributed by atoms with E-state index >= 15 is 0 Å². The van der Waals surface area contributed by atoms with Crippen LogP contribution in [0, 0.1) is 0 Å². The van der Waals surface area contributed by atoms with Crippen LogP contribution in [0.15, 0.2) is 24.3 Å². The number of hydrogen-bond donors (Lipinski definition) is 1. The lowest BCUT2D eigenvalue weighted by Crippen LogP contribution is -2.35. The number of nitrogens with two attached hydrogens (primary N) is 1. The average Bonchev–Trinajstić information content (AvgIpc) is 2.39. The minimum atomic E-state index is -0.207. The molecule has 92 valence electrons. The van der Waals surface area contributed by atoms with E-state index in [9.17, 15) is 4.79 Å². The molecule has 0 bridgehead atoms. The van der Waals surface area contributed by atoms with Crippen LogP contribution < -0.4 is 5.73 Å². The third-order valence-corrected chi connectivity index (χ3v) is 2.96. The van der Waals surface area contributed by atoms with Gasteiger partial charge in [0, 0.05) is 18.8 Å². The van der Waals surface area contributed by atoms with Crippen molar-refractivity contribution in [1.82, 2.24) is 4.90 Å². The third kappa shape index (κ3) is 3.37. The third-order valence-electron chi connectivity index (χ3n) is 2.96. The maximum Gasteiger partial charge on any atom is 0.410 e. The first-order chi connectivity index (χ1) is 8.25. The molecule has 1 saturated heterocycles. The van der Waals surface area contributed by atoms with Crippen LogP contribution in [0.4, 0.5) is 10.5 Å². The molecule has 1 amide bonds. The van der Waals surface area contributed by atoms with Gasteiger partial charge in [-0.3, -0.25) is 0 Å². The number of anilines is 1. The van der Waals surface area contributed by atoms with Crippen LogP contribution >= 0.6 is 0 Å². The van der Waals surface area contributed by atoms with E-state index in [0.29, 0.717) is 6.61 Å². The second kappa shape index (κ2) is 5.57. The summed E-state index contributed by atoms with van der Waals surface area (Å²) < 4.78 is 5.25. The summed E-state index contributed by atoms with van der Waals surface area (Å²) in [6, 6.07) is 7.37. The lowest BCUT2D eigenvalue weighted by molar-refractivity contribution is 0.0894. The van der Waals surface area contributed by atoms with E-state index in [1.54, 1.807) is 4.90 Å². The monoisotopic (exact) mass is 234 g/mol. The highest BCUT2D eigenvalue weighted by atomic mass is 16.6. The molecule has 4 heteroatoms. The first kappa shape index (κ1) is 11.8. The molecule has 0 radical (unpaired) electrons. The number of rotatable bonds is 2. The molecule has 1 heterocycles. The molecule has 1 aromatic rings. The second-order valence-electron chi connectivity index (χ2n) is 4.34. The van der Waals surface area contributed by atoms with Crippen LogP contribution in [0.2, 0.25) is 0 Å². The van der Waals surface area contributed by atoms with Gasteiger partial charge in [-0.15, -0.1) is 0 Å². The number of hydrogen-bond acceptors (Lipinski definition) is 3. The van der Waals surface area contributed by atoms with Crippen molar-refractivity contribution >= 4 is 11.8 Å². The Balaban J connectivity index is 1.81. The zero-order valence-corrected chi connectivity index (χ0v) is 9.89. The fourth-order valence-electron chi connectivity index (χ4n) is 1.93. The summed E-state index contributed by atoms with van der Waals surface area (Å²) in [5.41, 5.74) is 7.26. The van der Waals surface area contributed by atoms with Gasteiger partial charge in [0.05, 0.1) is 0 Å². The molecule has 1 aliphatic rings. The highest BCUT2D eigenvalue weighted by Crippen LogP contribution is 2.12. The first-order valence-corrected chi connectivity index (χ1v) is 6.02. The second-order valence-corrected chi connectivity index (χ2v) is 4.34. The molecule has 1 aromatic carbocycles. The van der Waals surface area contributed by atoms with Gasteiger partial charge in [-0.05, 0) is 37.0 Å². The van der Waals surface area contributed by atoms with E-state index in [1.165, 1.54) is 6.42 Å². The average molecular weight is 234 g/mol. The Hall–Kier alpha value is -1.71. The van der Waals surface area contributed by atoms with E-state index in [4.69, 9.17) is 10.5 Å². The quantitative estimate of drug-likeness (QED) is 0.799. The lowest BCUT2D eigenvalue weighted by atomic mass is 10.1. The normalized spacial score (nSPS) is 15.6. The number of piperidine rings is 1. The van der Waals surface area contributed by atoms with Crippen LogP contribution in [0.1, 0.15) is 24.8 Å². The minimum absolute atomic E-state index is 0.207. The van der Waals surface area contributed by atoms with E-state index in [-0.39, 0.29) is 6.09 Å². The molecule has 2 N–H and O–H groups in total. The van der Waals surface area contributed by atoms with Gasteiger partial charge in [0.1, 0.15) is 6.61 Å². The number of nitrogen functional groups attached to an aromatic ring is 1. The van der Waals surface area contributed by atoms with Gasteiger partial charge in [0.2, 0.25) is 0 Å². The minimum Gasteiger partial charge on any atom is -0.445 e. The number of nitrogens with zero attached hydrogens (tertiary/aromatic N) is 1. The van der Waals surface area contributed by atoms with Crippen LogP contribution in [0.5, 0.6) is 0 Å². The van der Waals surface area contributed by atoms with Gasteiger partial charge in [-0.25, -0.2) is 4.79 Å². The van der Waals surface area contributed by atoms with Gasteiger partial charge in [-0.2, -0.15) is 0 Å². The van der Waals surface area contributed by atoms with Crippen LogP contribution in [0.25, 0.3) is 0 Å². The highest BCUT2D eigenvalue weighted by molar-refractivity contribution is 5.67. The molecular formula is C13H18N2O2. The maximum absolute atomic E-state index is 11.7. The van der Waals surface area contributed by atoms with Crippen molar-refractivity contribution in [3.63, 3.8) is 0 Å². The first-order valence-electron chi connectivity index (χ1n) is 6.02. The molecule has 0 spiro atoms. The number of likely N-dealkylation sites (tertiary alicyclic amines) is 1. The van der Waals surface area contributed by atoms with Gasteiger partial charge < -0.3 is 15.4 Å². The zero-order valence-electron chi connectivity index (χ0n) is 9.89. The molecular weight excluding hydrogens is 216 g/mol. The van der Waals surface area contributed by atoms with Gasteiger partial charge >= 0.3 is 6.09 Å². The fourth-order valence-corrected chi connectivity index (χ4v) is 1.93. The lowest BCUT2D eigenvalue weighted by Gasteiger charge is -2.25. The summed E-state index contributed by atoms with van der Waals surface area (Å²) in [5, 5.41) is 0. The zero-order chi connectivity index (χ0) is 12.1. The summed E-state index contributed by atoms with van der Waals surface area (Å²) in [6.45, 7) is 1.96. The Morgan fingerprint density at radius 1 is 1.18 bits per heavy atom. The molecule has 0 aliphatic carbocycles. The smallest absolute Gasteiger partial charge is 0.410 e. The van der Waals surface area contributed by atoms with Crippen LogP contribution in [-0.2, 0) is 11.3 Å². The van der Waals surface area contributed by atoms with Crippen molar-refractivity contribution in [3.8, 4) is 0 Å². The van der Waals surface area contributed by atoms with Gasteiger partial charge in [0.25, 0.3) is 0 Å². The molecule has 0 atom stereocenters. The van der Waals surface area contributed by atoms with Crippen molar-refractivity contribution in [3.05, 3.63) is 29.8 Å². The van der Waals surface area contributed by atoms with Crippen molar-refractivity contribution in [2.24, 2.45) is 0 Å². The van der Waals surface area contributed by atoms with Crippen LogP contribution in [0.3, 0.4) is 0 Å². The molecule has 4 nitrogen and oxygen atoms in total. The molecule has 2 rings (SSSR count). The van der Waals surface area contributed by atoms with E-state index in [1.807, 2.05) is 24.3 Å². The van der Waals surface area contributed by atoms with Gasteiger partial charge in [0.15, 0.2) is 0 Å². The molecule has 17 heavy (non-hydrogen) atoms. The molecule has 0 unspecified atom stereocenters. The standard InChI is InChI=1S/C13H18N2O2/c14-12-6-4-11(5-7-12)10-17-13(16)15-8-2-1-3-9-15/h4-7H,1-3,8-10,14H2. The number of carbonyl (C=O) groups excluding carboxylic acids is 1.